The third kappa shape index (κ3) is 5.89. The SMILES string of the molecule is COc1cc(Cl)c(C)cc1NC(=O)CSc1nnc(CS(=O)(=O)c2ccccc2)n1-c1ccccc1. The average molecular weight is 543 g/mol. The summed E-state index contributed by atoms with van der Waals surface area (Å²) in [5.41, 5.74) is 2.00. The van der Waals surface area contributed by atoms with Gasteiger partial charge in [-0.1, -0.05) is 59.8 Å². The molecule has 4 aromatic rings. The summed E-state index contributed by atoms with van der Waals surface area (Å²) in [5.74, 6) is 0.0857. The fraction of sp³-hybridized carbons (Fsp3) is 0.160. The number of para-hydroxylation sites is 1. The minimum atomic E-state index is -3.65. The number of nitrogens with zero attached hydrogens (tertiary/aromatic N) is 3. The van der Waals surface area contributed by atoms with Crippen LogP contribution in [0.25, 0.3) is 5.69 Å². The minimum Gasteiger partial charge on any atom is -0.495 e. The number of amides is 1. The summed E-state index contributed by atoms with van der Waals surface area (Å²) in [7, 11) is -2.16. The normalized spacial score (nSPS) is 11.3. The van der Waals surface area contributed by atoms with Gasteiger partial charge < -0.3 is 10.1 Å². The molecule has 0 atom stereocenters. The molecule has 0 spiro atoms. The van der Waals surface area contributed by atoms with Crippen LogP contribution in [0.2, 0.25) is 5.02 Å². The van der Waals surface area contributed by atoms with E-state index in [0.717, 1.165) is 17.3 Å². The summed E-state index contributed by atoms with van der Waals surface area (Å²) in [6, 6.07) is 20.8. The number of halogens is 1. The van der Waals surface area contributed by atoms with Crippen LogP contribution < -0.4 is 10.1 Å². The summed E-state index contributed by atoms with van der Waals surface area (Å²) >= 11 is 7.30. The van der Waals surface area contributed by atoms with E-state index in [2.05, 4.69) is 15.5 Å². The first-order chi connectivity index (χ1) is 17.3. The van der Waals surface area contributed by atoms with Gasteiger partial charge in [-0.25, -0.2) is 8.42 Å². The first-order valence-corrected chi connectivity index (χ1v) is 13.8. The molecule has 0 saturated carbocycles. The van der Waals surface area contributed by atoms with E-state index in [1.807, 2.05) is 37.3 Å². The Morgan fingerprint density at radius 1 is 1.06 bits per heavy atom. The fourth-order valence-corrected chi connectivity index (χ4v) is 5.64. The molecule has 3 aromatic carbocycles. The summed E-state index contributed by atoms with van der Waals surface area (Å²) in [6.07, 6.45) is 0. The molecular formula is C25H23ClN4O4S2. The first-order valence-electron chi connectivity index (χ1n) is 10.8. The van der Waals surface area contributed by atoms with E-state index >= 15 is 0 Å². The van der Waals surface area contributed by atoms with Crippen molar-refractivity contribution in [2.75, 3.05) is 18.2 Å². The number of carbonyl (C=O) groups is 1. The molecule has 36 heavy (non-hydrogen) atoms. The molecule has 0 unspecified atom stereocenters. The van der Waals surface area contributed by atoms with Crippen LogP contribution in [-0.2, 0) is 20.4 Å². The van der Waals surface area contributed by atoms with Gasteiger partial charge in [0.1, 0.15) is 11.5 Å². The number of methoxy groups -OCH3 is 1. The third-order valence-electron chi connectivity index (χ3n) is 5.22. The smallest absolute Gasteiger partial charge is 0.234 e. The maximum atomic E-state index is 13.0. The Morgan fingerprint density at radius 2 is 1.72 bits per heavy atom. The van der Waals surface area contributed by atoms with E-state index in [1.165, 1.54) is 7.11 Å². The van der Waals surface area contributed by atoms with E-state index in [1.54, 1.807) is 47.0 Å². The van der Waals surface area contributed by atoms with Crippen molar-refractivity contribution in [3.8, 4) is 11.4 Å². The van der Waals surface area contributed by atoms with Gasteiger partial charge in [0.15, 0.2) is 20.8 Å². The number of benzene rings is 3. The lowest BCUT2D eigenvalue weighted by Crippen LogP contribution is -2.16. The number of aromatic nitrogens is 3. The molecule has 0 bridgehead atoms. The summed E-state index contributed by atoms with van der Waals surface area (Å²) in [6.45, 7) is 1.83. The number of rotatable bonds is 9. The zero-order valence-electron chi connectivity index (χ0n) is 19.5. The Morgan fingerprint density at radius 3 is 2.39 bits per heavy atom. The Hall–Kier alpha value is -3.34. The van der Waals surface area contributed by atoms with Crippen LogP contribution in [0.3, 0.4) is 0 Å². The highest BCUT2D eigenvalue weighted by Gasteiger charge is 2.23. The molecule has 186 valence electrons. The third-order valence-corrected chi connectivity index (χ3v) is 8.19. The lowest BCUT2D eigenvalue weighted by molar-refractivity contribution is -0.113. The van der Waals surface area contributed by atoms with Crippen LogP contribution in [0.15, 0.2) is 82.8 Å². The number of hydrogen-bond donors (Lipinski definition) is 1. The molecule has 1 N–H and O–H groups in total. The van der Waals surface area contributed by atoms with Crippen LogP contribution in [0.5, 0.6) is 5.75 Å². The Balaban J connectivity index is 1.57. The number of nitrogens with one attached hydrogen (secondary N) is 1. The number of aryl methyl sites for hydroxylation is 1. The van der Waals surface area contributed by atoms with Crippen LogP contribution in [-0.4, -0.2) is 42.0 Å². The van der Waals surface area contributed by atoms with Crippen molar-refractivity contribution in [3.05, 3.63) is 89.2 Å². The number of hydrogen-bond acceptors (Lipinski definition) is 7. The maximum Gasteiger partial charge on any atom is 0.234 e. The zero-order chi connectivity index (χ0) is 25.7. The first kappa shape index (κ1) is 25.7. The molecule has 0 aliphatic heterocycles. The summed E-state index contributed by atoms with van der Waals surface area (Å²) in [4.78, 5) is 12.9. The lowest BCUT2D eigenvalue weighted by atomic mass is 10.2. The standard InChI is InChI=1S/C25H23ClN4O4S2/c1-17-13-21(22(34-2)14-20(17)26)27-24(31)15-35-25-29-28-23(30(25)18-9-5-3-6-10-18)16-36(32,33)19-11-7-4-8-12-19/h3-14H,15-16H2,1-2H3,(H,27,31). The molecule has 1 aromatic heterocycles. The number of ether oxygens (including phenoxy) is 1. The summed E-state index contributed by atoms with van der Waals surface area (Å²) < 4.78 is 33.0. The van der Waals surface area contributed by atoms with Gasteiger partial charge in [-0.15, -0.1) is 10.2 Å². The van der Waals surface area contributed by atoms with Gasteiger partial charge in [0, 0.05) is 16.8 Å². The highest BCUT2D eigenvalue weighted by atomic mass is 35.5. The minimum absolute atomic E-state index is 0.0151. The van der Waals surface area contributed by atoms with Gasteiger partial charge in [0.2, 0.25) is 5.91 Å². The Kier molecular flexibility index (Phi) is 7.97. The van der Waals surface area contributed by atoms with Crippen molar-refractivity contribution in [1.29, 1.82) is 0 Å². The number of carbonyl (C=O) groups excluding carboxylic acids is 1. The highest BCUT2D eigenvalue weighted by Crippen LogP contribution is 2.31. The molecule has 8 nitrogen and oxygen atoms in total. The quantitative estimate of drug-likeness (QED) is 0.299. The molecule has 0 radical (unpaired) electrons. The Labute approximate surface area is 218 Å². The average Bonchev–Trinajstić information content (AvgIpc) is 3.27. The monoisotopic (exact) mass is 542 g/mol. The van der Waals surface area contributed by atoms with E-state index in [-0.39, 0.29) is 28.1 Å². The van der Waals surface area contributed by atoms with Gasteiger partial charge in [-0.3, -0.25) is 9.36 Å². The molecule has 0 saturated heterocycles. The van der Waals surface area contributed by atoms with Crippen molar-refractivity contribution >= 4 is 44.8 Å². The molecule has 0 aliphatic rings. The van der Waals surface area contributed by atoms with Crippen LogP contribution in [0.4, 0.5) is 5.69 Å². The molecule has 0 aliphatic carbocycles. The zero-order valence-corrected chi connectivity index (χ0v) is 21.9. The van der Waals surface area contributed by atoms with Crippen LogP contribution >= 0.6 is 23.4 Å². The fourth-order valence-electron chi connectivity index (χ4n) is 3.45. The second-order valence-electron chi connectivity index (χ2n) is 7.78. The molecule has 4 rings (SSSR count). The van der Waals surface area contributed by atoms with Gasteiger partial charge in [-0.05, 0) is 42.8 Å². The maximum absolute atomic E-state index is 13.0. The predicted octanol–water partition coefficient (Wildman–Crippen LogP) is 4.94. The van der Waals surface area contributed by atoms with Gasteiger partial charge in [-0.2, -0.15) is 0 Å². The van der Waals surface area contributed by atoms with Crippen molar-refractivity contribution in [3.63, 3.8) is 0 Å². The molecule has 1 heterocycles. The molecular weight excluding hydrogens is 520 g/mol. The van der Waals surface area contributed by atoms with Crippen molar-refractivity contribution < 1.29 is 17.9 Å². The van der Waals surface area contributed by atoms with E-state index in [4.69, 9.17) is 16.3 Å². The predicted molar refractivity (Wildman–Crippen MR) is 141 cm³/mol. The van der Waals surface area contributed by atoms with E-state index in [0.29, 0.717) is 27.3 Å². The molecule has 0 fully saturated rings. The van der Waals surface area contributed by atoms with Crippen molar-refractivity contribution in [1.82, 2.24) is 14.8 Å². The van der Waals surface area contributed by atoms with E-state index in [9.17, 15) is 13.2 Å². The van der Waals surface area contributed by atoms with Crippen molar-refractivity contribution in [2.45, 2.75) is 22.7 Å². The van der Waals surface area contributed by atoms with Crippen molar-refractivity contribution in [2.24, 2.45) is 0 Å². The number of sulfone groups is 1. The molecule has 1 amide bonds. The second-order valence-corrected chi connectivity index (χ2v) is 11.1. The van der Waals surface area contributed by atoms with Crippen LogP contribution in [0.1, 0.15) is 11.4 Å². The van der Waals surface area contributed by atoms with Gasteiger partial charge in [0.25, 0.3) is 0 Å². The van der Waals surface area contributed by atoms with Gasteiger partial charge in [0.05, 0.1) is 23.4 Å². The lowest BCUT2D eigenvalue weighted by Gasteiger charge is -2.13. The molecule has 11 heteroatoms. The largest absolute Gasteiger partial charge is 0.495 e. The summed E-state index contributed by atoms with van der Waals surface area (Å²) in [5, 5.41) is 12.1. The highest BCUT2D eigenvalue weighted by molar-refractivity contribution is 7.99. The number of anilines is 1. The van der Waals surface area contributed by atoms with Crippen LogP contribution in [0, 0.1) is 6.92 Å². The van der Waals surface area contributed by atoms with E-state index < -0.39 is 9.84 Å². The number of thioether (sulfide) groups is 1. The Bertz CT molecular complexity index is 1480. The second kappa shape index (κ2) is 11.2. The van der Waals surface area contributed by atoms with Gasteiger partial charge >= 0.3 is 0 Å². The topological polar surface area (TPSA) is 103 Å².